The molecule has 0 aromatic heterocycles. The highest BCUT2D eigenvalue weighted by molar-refractivity contribution is 5.93. The topological polar surface area (TPSA) is 37.4 Å². The van der Waals surface area contributed by atoms with E-state index in [4.69, 9.17) is 0 Å². The molecule has 1 heterocycles. The number of benzene rings is 1. The maximum Gasteiger partial charge on any atom is 0.457 e. The van der Waals surface area contributed by atoms with E-state index >= 15 is 4.39 Å². The third-order valence-corrected chi connectivity index (χ3v) is 10.7. The van der Waals surface area contributed by atoms with Crippen LogP contribution < -0.4 is 4.90 Å². The van der Waals surface area contributed by atoms with Crippen molar-refractivity contribution in [2.24, 2.45) is 22.7 Å². The number of carbonyl (C=O) groups is 2. The molecule has 1 aliphatic heterocycles. The summed E-state index contributed by atoms with van der Waals surface area (Å²) in [7, 11) is 0. The average Bonchev–Trinajstić information content (AvgIpc) is 3.54. The predicted molar refractivity (Wildman–Crippen MR) is 145 cm³/mol. The number of nitrogens with zero attached hydrogens (tertiary/aromatic N) is 1. The molecule has 0 bridgehead atoms. The van der Waals surface area contributed by atoms with Gasteiger partial charge in [-0.3, -0.25) is 9.59 Å². The number of alkyl halides is 4. The molecule has 0 N–H and O–H groups in total. The highest BCUT2D eigenvalue weighted by Crippen LogP contribution is 2.69. The third kappa shape index (κ3) is 4.25. The van der Waals surface area contributed by atoms with Gasteiger partial charge in [-0.25, -0.2) is 4.39 Å². The van der Waals surface area contributed by atoms with Crippen LogP contribution in [0.4, 0.5) is 23.2 Å². The molecule has 0 spiro atoms. The lowest BCUT2D eigenvalue weighted by atomic mass is 9.48. The first-order valence-corrected chi connectivity index (χ1v) is 14.5. The molecule has 6 atom stereocenters. The largest absolute Gasteiger partial charge is 0.457 e. The van der Waals surface area contributed by atoms with Crippen LogP contribution in [0.2, 0.25) is 0 Å². The van der Waals surface area contributed by atoms with Crippen molar-refractivity contribution in [2.45, 2.75) is 83.5 Å². The second-order valence-electron chi connectivity index (χ2n) is 12.6. The number of carbonyl (C=O) groups excluding carboxylic acids is 2. The Morgan fingerprint density at radius 2 is 1.80 bits per heavy atom. The maximum absolute atomic E-state index is 15.8. The van der Waals surface area contributed by atoms with Gasteiger partial charge in [-0.1, -0.05) is 30.6 Å². The fraction of sp³-hybridized carbons (Fsp3) is 0.576. The van der Waals surface area contributed by atoms with E-state index in [2.05, 4.69) is 35.1 Å². The standard InChI is InChI=1S/C33H35F4NO2/c1-20(39)32(13-14-33(35,36)37)12-11-28-26-18-29(34)25-17-23(40)9-10-24(25)30(26)27(19-31(28,32)2)21-5-7-22(8-6-21)38-15-3-4-16-38/h5-8,17,26-29H,3-4,9-12,15-16,18-19H2,1-2H3/t26-,27+,28-,29?,31-,32-/m0/s1. The molecule has 1 aromatic rings. The van der Waals surface area contributed by atoms with Crippen molar-refractivity contribution in [1.82, 2.24) is 0 Å². The second kappa shape index (κ2) is 9.60. The smallest absolute Gasteiger partial charge is 0.372 e. The van der Waals surface area contributed by atoms with Gasteiger partial charge in [0.15, 0.2) is 5.78 Å². The van der Waals surface area contributed by atoms with Crippen molar-refractivity contribution in [3.05, 3.63) is 52.6 Å². The molecule has 2 saturated carbocycles. The summed E-state index contributed by atoms with van der Waals surface area (Å²) in [6, 6.07) is 8.40. The number of ketones is 2. The lowest BCUT2D eigenvalue weighted by Gasteiger charge is -2.55. The van der Waals surface area contributed by atoms with Gasteiger partial charge in [0, 0.05) is 37.0 Å². The summed E-state index contributed by atoms with van der Waals surface area (Å²) in [6.45, 7) is 5.31. The number of anilines is 1. The summed E-state index contributed by atoms with van der Waals surface area (Å²) >= 11 is 0. The van der Waals surface area contributed by atoms with Crippen molar-refractivity contribution >= 4 is 17.3 Å². The van der Waals surface area contributed by atoms with E-state index in [-0.39, 0.29) is 42.2 Å². The van der Waals surface area contributed by atoms with Crippen LogP contribution in [0.3, 0.4) is 0 Å². The number of Topliss-reactive ketones (excluding diaryl/α,β-unsaturated/α-hetero) is 1. The van der Waals surface area contributed by atoms with Gasteiger partial charge in [-0.2, -0.15) is 13.2 Å². The number of hydrogen-bond donors (Lipinski definition) is 0. The van der Waals surface area contributed by atoms with E-state index in [0.717, 1.165) is 48.3 Å². The van der Waals surface area contributed by atoms with Crippen LogP contribution in [-0.2, 0) is 9.59 Å². The Hall–Kier alpha value is -2.88. The van der Waals surface area contributed by atoms with E-state index in [1.165, 1.54) is 18.9 Å². The van der Waals surface area contributed by atoms with E-state index < -0.39 is 23.2 Å². The minimum Gasteiger partial charge on any atom is -0.372 e. The molecule has 3 fully saturated rings. The molecule has 6 rings (SSSR count). The number of hydrogen-bond acceptors (Lipinski definition) is 3. The molecule has 40 heavy (non-hydrogen) atoms. The summed E-state index contributed by atoms with van der Waals surface area (Å²) in [6.07, 6.45) is -0.000550. The van der Waals surface area contributed by atoms with Gasteiger partial charge in [0.1, 0.15) is 12.0 Å². The van der Waals surface area contributed by atoms with Crippen LogP contribution in [-0.4, -0.2) is 37.0 Å². The maximum atomic E-state index is 15.8. The second-order valence-corrected chi connectivity index (χ2v) is 12.6. The molecule has 1 unspecified atom stereocenters. The van der Waals surface area contributed by atoms with Gasteiger partial charge < -0.3 is 4.90 Å². The van der Waals surface area contributed by atoms with Crippen molar-refractivity contribution in [3.63, 3.8) is 0 Å². The van der Waals surface area contributed by atoms with Crippen molar-refractivity contribution in [2.75, 3.05) is 18.0 Å². The molecule has 4 aliphatic carbocycles. The van der Waals surface area contributed by atoms with E-state index in [1.807, 2.05) is 6.92 Å². The Balaban J connectivity index is 1.51. The van der Waals surface area contributed by atoms with Gasteiger partial charge in [-0.15, -0.1) is 0 Å². The normalized spacial score (nSPS) is 35.4. The first-order chi connectivity index (χ1) is 18.9. The highest BCUT2D eigenvalue weighted by atomic mass is 19.4. The Morgan fingerprint density at radius 3 is 2.45 bits per heavy atom. The summed E-state index contributed by atoms with van der Waals surface area (Å²) in [5.74, 6) is 2.94. The lowest BCUT2D eigenvalue weighted by molar-refractivity contribution is -0.130. The van der Waals surface area contributed by atoms with Crippen molar-refractivity contribution in [1.29, 1.82) is 0 Å². The van der Waals surface area contributed by atoms with Crippen LogP contribution >= 0.6 is 0 Å². The van der Waals surface area contributed by atoms with Crippen LogP contribution in [0.15, 0.2) is 47.1 Å². The number of allylic oxidation sites excluding steroid dienone is 4. The fourth-order valence-corrected chi connectivity index (χ4v) is 8.90. The van der Waals surface area contributed by atoms with E-state index in [0.29, 0.717) is 31.3 Å². The minimum atomic E-state index is -4.70. The van der Waals surface area contributed by atoms with Crippen LogP contribution in [0.25, 0.3) is 0 Å². The number of halogens is 4. The Kier molecular flexibility index (Phi) is 6.55. The summed E-state index contributed by atoms with van der Waals surface area (Å²) in [5.41, 5.74) is 2.40. The lowest BCUT2D eigenvalue weighted by Crippen LogP contribution is -2.51. The molecule has 5 aliphatic rings. The molecule has 1 aromatic carbocycles. The van der Waals surface area contributed by atoms with Gasteiger partial charge in [0.05, 0.1) is 5.41 Å². The van der Waals surface area contributed by atoms with Crippen LogP contribution in [0.1, 0.15) is 76.7 Å². The first-order valence-electron chi connectivity index (χ1n) is 14.5. The quantitative estimate of drug-likeness (QED) is 0.292. The van der Waals surface area contributed by atoms with Gasteiger partial charge in [0.2, 0.25) is 0 Å². The zero-order chi connectivity index (χ0) is 28.4. The zero-order valence-corrected chi connectivity index (χ0v) is 23.0. The van der Waals surface area contributed by atoms with Crippen LogP contribution in [0, 0.1) is 34.5 Å². The average molecular weight is 554 g/mol. The van der Waals surface area contributed by atoms with Crippen molar-refractivity contribution < 1.29 is 27.2 Å². The molecule has 0 amide bonds. The highest BCUT2D eigenvalue weighted by Gasteiger charge is 2.65. The number of rotatable bonds is 3. The molecule has 7 heteroatoms. The molecule has 1 saturated heterocycles. The summed E-state index contributed by atoms with van der Waals surface area (Å²) in [5, 5.41) is 0. The first kappa shape index (κ1) is 27.3. The number of fused-ring (bicyclic) bond motifs is 4. The SMILES string of the molecule is CC(=O)[C@@]1(C#CC(F)(F)F)CC[C@H]2[C@@H]3CC(F)C4=CC(=O)CCC4=C3[C@@H](c3ccc(N4CCCC4)cc3)C[C@@]21C. The van der Waals surface area contributed by atoms with Crippen LogP contribution in [0.5, 0.6) is 0 Å². The predicted octanol–water partition coefficient (Wildman–Crippen LogP) is 7.28. The Bertz CT molecular complexity index is 1360. The molecular weight excluding hydrogens is 518 g/mol. The van der Waals surface area contributed by atoms with Crippen molar-refractivity contribution in [3.8, 4) is 11.8 Å². The van der Waals surface area contributed by atoms with E-state index in [9.17, 15) is 22.8 Å². The zero-order valence-electron chi connectivity index (χ0n) is 23.0. The molecule has 0 radical (unpaired) electrons. The molecular formula is C33H35F4NO2. The van der Waals surface area contributed by atoms with Gasteiger partial charge >= 0.3 is 6.18 Å². The minimum absolute atomic E-state index is 0.0634. The van der Waals surface area contributed by atoms with Gasteiger partial charge in [-0.05, 0) is 104 Å². The van der Waals surface area contributed by atoms with E-state index in [1.54, 1.807) is 0 Å². The third-order valence-electron chi connectivity index (χ3n) is 10.7. The summed E-state index contributed by atoms with van der Waals surface area (Å²) in [4.78, 5) is 27.9. The monoisotopic (exact) mass is 553 g/mol. The summed E-state index contributed by atoms with van der Waals surface area (Å²) < 4.78 is 55.8. The van der Waals surface area contributed by atoms with Gasteiger partial charge in [0.25, 0.3) is 0 Å². The Morgan fingerprint density at radius 1 is 1.10 bits per heavy atom. The Labute approximate surface area is 233 Å². The fourth-order valence-electron chi connectivity index (χ4n) is 8.90. The molecule has 3 nitrogen and oxygen atoms in total. The molecule has 212 valence electrons.